The van der Waals surface area contributed by atoms with Crippen LogP contribution in [0.15, 0.2) is 46.5 Å². The van der Waals surface area contributed by atoms with Crippen molar-refractivity contribution in [2.45, 2.75) is 35.9 Å². The number of benzene rings is 1. The molecule has 0 N–H and O–H groups in total. The van der Waals surface area contributed by atoms with Crippen molar-refractivity contribution in [2.75, 3.05) is 14.1 Å². The fourth-order valence-electron chi connectivity index (χ4n) is 2.16. The van der Waals surface area contributed by atoms with Gasteiger partial charge in [-0.2, -0.15) is 0 Å². The number of aryl methyl sites for hydroxylation is 2. The predicted octanol–water partition coefficient (Wildman–Crippen LogP) is 3.31. The van der Waals surface area contributed by atoms with E-state index in [4.69, 9.17) is 0 Å². The lowest BCUT2D eigenvalue weighted by Crippen LogP contribution is -2.22. The largest absolute Gasteiger partial charge is 0.293 e. The number of sulfonamides is 1. The van der Waals surface area contributed by atoms with Gasteiger partial charge in [0.1, 0.15) is 4.90 Å². The Morgan fingerprint density at radius 3 is 2.32 bits per heavy atom. The zero-order chi connectivity index (χ0) is 18.8. The number of Topliss-reactive ketones (excluding diaryl/α,β-unsaturated/α-hetero) is 1. The summed E-state index contributed by atoms with van der Waals surface area (Å²) in [4.78, 5) is 16.9. The quantitative estimate of drug-likeness (QED) is 0.570. The molecule has 1 aromatic heterocycles. The highest BCUT2D eigenvalue weighted by Gasteiger charge is 2.20. The van der Waals surface area contributed by atoms with Crippen molar-refractivity contribution in [2.24, 2.45) is 0 Å². The summed E-state index contributed by atoms with van der Waals surface area (Å²) in [5, 5.41) is 0.299. The minimum Gasteiger partial charge on any atom is -0.293 e. The number of hydrogen-bond acceptors (Lipinski definition) is 5. The number of nitrogens with zero attached hydrogens (tertiary/aromatic N) is 2. The van der Waals surface area contributed by atoms with Crippen LogP contribution in [0.5, 0.6) is 0 Å². The first-order chi connectivity index (χ1) is 11.6. The molecule has 1 aromatic carbocycles. The van der Waals surface area contributed by atoms with Crippen molar-refractivity contribution in [3.63, 3.8) is 0 Å². The molecular formula is C18H22N2O3S2. The normalized spacial score (nSPS) is 13.0. The van der Waals surface area contributed by atoms with Crippen molar-refractivity contribution >= 4 is 27.6 Å². The fourth-order valence-corrected chi connectivity index (χ4v) is 3.88. The number of carbonyl (C=O) groups is 1. The average Bonchev–Trinajstić information content (AvgIpc) is 2.57. The van der Waals surface area contributed by atoms with Gasteiger partial charge in [0.2, 0.25) is 10.0 Å². The lowest BCUT2D eigenvalue weighted by atomic mass is 10.0. The van der Waals surface area contributed by atoms with E-state index in [9.17, 15) is 13.2 Å². The molecule has 1 atom stereocenters. The van der Waals surface area contributed by atoms with Crippen molar-refractivity contribution in [3.05, 3.63) is 53.2 Å². The number of rotatable bonds is 6. The van der Waals surface area contributed by atoms with Crippen molar-refractivity contribution in [1.29, 1.82) is 0 Å². The Morgan fingerprint density at radius 2 is 1.80 bits per heavy atom. The number of hydrogen-bond donors (Lipinski definition) is 0. The minimum absolute atomic E-state index is 0.0277. The second kappa shape index (κ2) is 7.68. The van der Waals surface area contributed by atoms with Crippen LogP contribution >= 0.6 is 11.8 Å². The van der Waals surface area contributed by atoms with Gasteiger partial charge in [-0.3, -0.25) is 4.79 Å². The van der Waals surface area contributed by atoms with Gasteiger partial charge in [-0.25, -0.2) is 17.7 Å². The van der Waals surface area contributed by atoms with Crippen LogP contribution in [0.2, 0.25) is 0 Å². The molecule has 2 aromatic rings. The average molecular weight is 379 g/mol. The summed E-state index contributed by atoms with van der Waals surface area (Å²) in [6, 6.07) is 8.82. The molecule has 0 saturated heterocycles. The van der Waals surface area contributed by atoms with E-state index >= 15 is 0 Å². The molecule has 5 nitrogen and oxygen atoms in total. The predicted molar refractivity (Wildman–Crippen MR) is 101 cm³/mol. The van der Waals surface area contributed by atoms with Gasteiger partial charge in [0.25, 0.3) is 0 Å². The Kier molecular flexibility index (Phi) is 6.03. The summed E-state index contributed by atoms with van der Waals surface area (Å²) in [6.07, 6.45) is 1.32. The third kappa shape index (κ3) is 4.48. The Hall–Kier alpha value is -1.70. The molecule has 1 heterocycles. The summed E-state index contributed by atoms with van der Waals surface area (Å²) in [7, 11) is -0.547. The van der Waals surface area contributed by atoms with E-state index in [1.807, 2.05) is 39.0 Å². The van der Waals surface area contributed by atoms with E-state index in [1.165, 1.54) is 38.1 Å². The highest BCUT2D eigenvalue weighted by molar-refractivity contribution is 8.00. The van der Waals surface area contributed by atoms with Crippen LogP contribution in [0.3, 0.4) is 0 Å². The van der Waals surface area contributed by atoms with Gasteiger partial charge in [0.05, 0.1) is 10.3 Å². The molecule has 7 heteroatoms. The van der Waals surface area contributed by atoms with E-state index in [2.05, 4.69) is 4.98 Å². The van der Waals surface area contributed by atoms with Crippen LogP contribution in [0.4, 0.5) is 0 Å². The van der Waals surface area contributed by atoms with E-state index in [1.54, 1.807) is 6.07 Å². The summed E-state index contributed by atoms with van der Waals surface area (Å²) in [5.41, 5.74) is 2.91. The van der Waals surface area contributed by atoms with Crippen LogP contribution < -0.4 is 0 Å². The summed E-state index contributed by atoms with van der Waals surface area (Å²) < 4.78 is 25.2. The van der Waals surface area contributed by atoms with Crippen LogP contribution in [0.1, 0.15) is 28.4 Å². The molecule has 0 aliphatic rings. The molecule has 0 bridgehead atoms. The zero-order valence-corrected chi connectivity index (χ0v) is 16.6. The van der Waals surface area contributed by atoms with E-state index in [0.29, 0.717) is 10.6 Å². The molecule has 0 radical (unpaired) electrons. The monoisotopic (exact) mass is 378 g/mol. The Balaban J connectivity index is 2.13. The Labute approximate surface area is 153 Å². The van der Waals surface area contributed by atoms with Crippen molar-refractivity contribution < 1.29 is 13.2 Å². The molecule has 134 valence electrons. The number of carbonyl (C=O) groups excluding carboxylic acids is 1. The second-order valence-electron chi connectivity index (χ2n) is 6.04. The van der Waals surface area contributed by atoms with E-state index < -0.39 is 10.0 Å². The van der Waals surface area contributed by atoms with Crippen LogP contribution in [0, 0.1) is 13.8 Å². The number of pyridine rings is 1. The van der Waals surface area contributed by atoms with Gasteiger partial charge in [0, 0.05) is 25.9 Å². The standard InChI is InChI=1S/C18H22N2O3S2/c1-12-6-7-15(10-13(12)2)18(21)14(3)24-17-9-8-16(11-19-17)25(22,23)20(4)5/h6-11,14H,1-5H3/t14-/m0/s1. The van der Waals surface area contributed by atoms with Gasteiger partial charge in [-0.05, 0) is 50.1 Å². The van der Waals surface area contributed by atoms with Gasteiger partial charge in [-0.15, -0.1) is 0 Å². The van der Waals surface area contributed by atoms with Crippen LogP contribution in [-0.4, -0.2) is 42.8 Å². The number of aromatic nitrogens is 1. The maximum absolute atomic E-state index is 12.6. The third-order valence-electron chi connectivity index (χ3n) is 3.95. The highest BCUT2D eigenvalue weighted by Crippen LogP contribution is 2.25. The third-order valence-corrected chi connectivity index (χ3v) is 6.80. The number of ketones is 1. The van der Waals surface area contributed by atoms with Crippen molar-refractivity contribution in [1.82, 2.24) is 9.29 Å². The van der Waals surface area contributed by atoms with E-state index in [0.717, 1.165) is 15.4 Å². The van der Waals surface area contributed by atoms with Crippen LogP contribution in [0.25, 0.3) is 0 Å². The maximum atomic E-state index is 12.6. The van der Waals surface area contributed by atoms with Crippen molar-refractivity contribution in [3.8, 4) is 0 Å². The fraction of sp³-hybridized carbons (Fsp3) is 0.333. The lowest BCUT2D eigenvalue weighted by molar-refractivity contribution is 0.0994. The summed E-state index contributed by atoms with van der Waals surface area (Å²) >= 11 is 1.32. The van der Waals surface area contributed by atoms with E-state index in [-0.39, 0.29) is 15.9 Å². The van der Waals surface area contributed by atoms with Gasteiger partial charge >= 0.3 is 0 Å². The first kappa shape index (κ1) is 19.6. The van der Waals surface area contributed by atoms with Gasteiger partial charge in [-0.1, -0.05) is 23.9 Å². The molecular weight excluding hydrogens is 356 g/mol. The Bertz CT molecular complexity index is 876. The molecule has 0 spiro atoms. The molecule has 0 aliphatic carbocycles. The lowest BCUT2D eigenvalue weighted by Gasteiger charge is -2.13. The molecule has 0 aliphatic heterocycles. The molecule has 2 rings (SSSR count). The van der Waals surface area contributed by atoms with Gasteiger partial charge in [0.15, 0.2) is 5.78 Å². The van der Waals surface area contributed by atoms with Gasteiger partial charge < -0.3 is 0 Å². The number of thioether (sulfide) groups is 1. The zero-order valence-electron chi connectivity index (χ0n) is 15.0. The molecule has 25 heavy (non-hydrogen) atoms. The molecule has 0 fully saturated rings. The topological polar surface area (TPSA) is 67.3 Å². The SMILES string of the molecule is Cc1ccc(C(=O)[C@H](C)Sc2ccc(S(=O)(=O)N(C)C)cn2)cc1C. The first-order valence-electron chi connectivity index (χ1n) is 7.79. The summed E-state index contributed by atoms with van der Waals surface area (Å²) in [5.74, 6) is 0.0277. The van der Waals surface area contributed by atoms with Crippen LogP contribution in [-0.2, 0) is 10.0 Å². The smallest absolute Gasteiger partial charge is 0.244 e. The second-order valence-corrected chi connectivity index (χ2v) is 9.56. The maximum Gasteiger partial charge on any atom is 0.244 e. The highest BCUT2D eigenvalue weighted by atomic mass is 32.2. The first-order valence-corrected chi connectivity index (χ1v) is 10.1. The molecule has 0 saturated carbocycles. The molecule has 0 amide bonds. The Morgan fingerprint density at radius 1 is 1.12 bits per heavy atom. The molecule has 0 unspecified atom stereocenters. The minimum atomic E-state index is -3.50. The summed E-state index contributed by atoms with van der Waals surface area (Å²) in [6.45, 7) is 5.82.